The van der Waals surface area contributed by atoms with Gasteiger partial charge in [0.1, 0.15) is 5.75 Å². The highest BCUT2D eigenvalue weighted by Crippen LogP contribution is 2.35. The zero-order valence-corrected chi connectivity index (χ0v) is 13.3. The van der Waals surface area contributed by atoms with E-state index in [-0.39, 0.29) is 6.04 Å². The van der Waals surface area contributed by atoms with E-state index in [0.29, 0.717) is 0 Å². The lowest BCUT2D eigenvalue weighted by molar-refractivity contribution is 0.414. The molecule has 0 radical (unpaired) electrons. The smallest absolute Gasteiger partial charge is 0.185 e. The summed E-state index contributed by atoms with van der Waals surface area (Å²) in [4.78, 5) is 8.31. The maximum Gasteiger partial charge on any atom is 0.185 e. The Labute approximate surface area is 129 Å². The van der Waals surface area contributed by atoms with Gasteiger partial charge in [-0.2, -0.15) is 0 Å². The molecular weight excluding hydrogens is 282 g/mol. The predicted octanol–water partition coefficient (Wildman–Crippen LogP) is 3.12. The number of benzene rings is 1. The average Bonchev–Trinajstić information content (AvgIpc) is 2.94. The van der Waals surface area contributed by atoms with E-state index in [4.69, 9.17) is 15.5 Å². The van der Waals surface area contributed by atoms with Crippen LogP contribution in [0.15, 0.2) is 24.3 Å². The van der Waals surface area contributed by atoms with Crippen molar-refractivity contribution in [3.63, 3.8) is 0 Å². The molecule has 0 spiro atoms. The molecule has 2 aromatic rings. The van der Waals surface area contributed by atoms with Crippen LogP contribution in [0.1, 0.15) is 35.0 Å². The number of ether oxygens (including phenoxy) is 1. The van der Waals surface area contributed by atoms with Crippen LogP contribution in [0.3, 0.4) is 0 Å². The third kappa shape index (κ3) is 3.04. The molecule has 0 saturated carbocycles. The van der Waals surface area contributed by atoms with Gasteiger partial charge in [0.25, 0.3) is 0 Å². The van der Waals surface area contributed by atoms with Gasteiger partial charge in [-0.05, 0) is 37.0 Å². The Hall–Kier alpha value is -1.59. The zero-order chi connectivity index (χ0) is 14.8. The lowest BCUT2D eigenvalue weighted by Gasteiger charge is -2.16. The number of nitrogens with two attached hydrogens (primary N) is 1. The first kappa shape index (κ1) is 14.4. The molecule has 2 N–H and O–H groups in total. The van der Waals surface area contributed by atoms with Crippen molar-refractivity contribution in [2.24, 2.45) is 5.73 Å². The van der Waals surface area contributed by atoms with E-state index >= 15 is 0 Å². The molecule has 1 aliphatic carbocycles. The number of thiazole rings is 1. The van der Waals surface area contributed by atoms with Crippen molar-refractivity contribution in [2.75, 3.05) is 19.1 Å². The van der Waals surface area contributed by atoms with Gasteiger partial charge in [-0.15, -0.1) is 11.3 Å². The number of rotatable bonds is 4. The van der Waals surface area contributed by atoms with Crippen LogP contribution in [0.5, 0.6) is 5.75 Å². The van der Waals surface area contributed by atoms with Gasteiger partial charge in [0, 0.05) is 24.5 Å². The molecule has 0 aliphatic heterocycles. The Morgan fingerprint density at radius 2 is 2.14 bits per heavy atom. The molecule has 5 heteroatoms. The summed E-state index contributed by atoms with van der Waals surface area (Å²) in [6.07, 6.45) is 3.35. The first-order valence-corrected chi connectivity index (χ1v) is 8.08. The van der Waals surface area contributed by atoms with Crippen LogP contribution >= 0.6 is 11.3 Å². The minimum atomic E-state index is 0.119. The highest BCUT2D eigenvalue weighted by atomic mass is 32.1. The van der Waals surface area contributed by atoms with Crippen LogP contribution in [0.25, 0.3) is 0 Å². The Balaban J connectivity index is 1.74. The van der Waals surface area contributed by atoms with E-state index in [9.17, 15) is 0 Å². The molecule has 21 heavy (non-hydrogen) atoms. The quantitative estimate of drug-likeness (QED) is 0.943. The molecule has 0 fully saturated rings. The average molecular weight is 303 g/mol. The SMILES string of the molecule is COc1ccc(CN(C)c2nc3c(s2)CCCC3N)cc1. The van der Waals surface area contributed by atoms with Gasteiger partial charge < -0.3 is 15.4 Å². The van der Waals surface area contributed by atoms with Crippen molar-refractivity contribution in [1.29, 1.82) is 0 Å². The second-order valence-corrected chi connectivity index (χ2v) is 6.57. The number of hydrogen-bond acceptors (Lipinski definition) is 5. The lowest BCUT2D eigenvalue weighted by atomic mass is 9.99. The lowest BCUT2D eigenvalue weighted by Crippen LogP contribution is -2.18. The van der Waals surface area contributed by atoms with Crippen molar-refractivity contribution in [3.05, 3.63) is 40.4 Å². The molecule has 4 nitrogen and oxygen atoms in total. The molecule has 1 atom stereocenters. The Morgan fingerprint density at radius 3 is 2.81 bits per heavy atom. The molecule has 0 amide bonds. The third-order valence-corrected chi connectivity index (χ3v) is 5.14. The summed E-state index contributed by atoms with van der Waals surface area (Å²) < 4.78 is 5.19. The number of methoxy groups -OCH3 is 1. The fourth-order valence-electron chi connectivity index (χ4n) is 2.67. The monoisotopic (exact) mass is 303 g/mol. The summed E-state index contributed by atoms with van der Waals surface area (Å²) in [5, 5.41) is 1.06. The first-order valence-electron chi connectivity index (χ1n) is 7.26. The van der Waals surface area contributed by atoms with Gasteiger partial charge in [-0.1, -0.05) is 12.1 Å². The highest BCUT2D eigenvalue weighted by Gasteiger charge is 2.22. The predicted molar refractivity (Wildman–Crippen MR) is 87.1 cm³/mol. The van der Waals surface area contributed by atoms with E-state index < -0.39 is 0 Å². The fraction of sp³-hybridized carbons (Fsp3) is 0.438. The van der Waals surface area contributed by atoms with Gasteiger partial charge in [0.05, 0.1) is 12.8 Å². The van der Waals surface area contributed by atoms with E-state index in [1.54, 1.807) is 18.4 Å². The third-order valence-electron chi connectivity index (χ3n) is 3.89. The van der Waals surface area contributed by atoms with Gasteiger partial charge in [0.2, 0.25) is 0 Å². The summed E-state index contributed by atoms with van der Waals surface area (Å²) >= 11 is 1.78. The number of nitrogens with zero attached hydrogens (tertiary/aromatic N) is 2. The van der Waals surface area contributed by atoms with Crippen molar-refractivity contribution in [3.8, 4) is 5.75 Å². The largest absolute Gasteiger partial charge is 0.497 e. The molecular formula is C16H21N3OS. The standard InChI is InChI=1S/C16H21N3OS/c1-19(10-11-6-8-12(20-2)9-7-11)16-18-15-13(17)4-3-5-14(15)21-16/h6-9,13H,3-5,10,17H2,1-2H3. The second kappa shape index (κ2) is 6.03. The maximum atomic E-state index is 6.16. The maximum absolute atomic E-state index is 6.16. The Kier molecular flexibility index (Phi) is 4.12. The van der Waals surface area contributed by atoms with Crippen molar-refractivity contribution in [2.45, 2.75) is 31.8 Å². The molecule has 1 aliphatic rings. The van der Waals surface area contributed by atoms with Crippen LogP contribution in [0.4, 0.5) is 5.13 Å². The minimum Gasteiger partial charge on any atom is -0.497 e. The zero-order valence-electron chi connectivity index (χ0n) is 12.5. The fourth-order valence-corrected chi connectivity index (χ4v) is 3.81. The van der Waals surface area contributed by atoms with E-state index in [2.05, 4.69) is 24.1 Å². The molecule has 1 aromatic heterocycles. The summed E-state index contributed by atoms with van der Waals surface area (Å²) in [7, 11) is 3.77. The van der Waals surface area contributed by atoms with Crippen LogP contribution < -0.4 is 15.4 Å². The summed E-state index contributed by atoms with van der Waals surface area (Å²) in [6, 6.07) is 8.29. The molecule has 3 rings (SSSR count). The van der Waals surface area contributed by atoms with Crippen LogP contribution in [0.2, 0.25) is 0 Å². The van der Waals surface area contributed by atoms with Crippen molar-refractivity contribution in [1.82, 2.24) is 4.98 Å². The van der Waals surface area contributed by atoms with Gasteiger partial charge in [-0.25, -0.2) is 4.98 Å². The number of fused-ring (bicyclic) bond motifs is 1. The molecule has 1 unspecified atom stereocenters. The summed E-state index contributed by atoms with van der Waals surface area (Å²) in [5.41, 5.74) is 8.52. The topological polar surface area (TPSA) is 51.4 Å². The van der Waals surface area contributed by atoms with Crippen molar-refractivity contribution < 1.29 is 4.74 Å². The van der Waals surface area contributed by atoms with E-state index in [1.807, 2.05) is 12.1 Å². The first-order chi connectivity index (χ1) is 10.2. The second-order valence-electron chi connectivity index (χ2n) is 5.51. The summed E-state index contributed by atoms with van der Waals surface area (Å²) in [6.45, 7) is 0.839. The van der Waals surface area contributed by atoms with Gasteiger partial charge in [-0.3, -0.25) is 0 Å². The minimum absolute atomic E-state index is 0.119. The number of anilines is 1. The van der Waals surface area contributed by atoms with Crippen LogP contribution in [-0.2, 0) is 13.0 Å². The Bertz CT molecular complexity index is 608. The Morgan fingerprint density at radius 1 is 1.38 bits per heavy atom. The molecule has 112 valence electrons. The van der Waals surface area contributed by atoms with Gasteiger partial charge >= 0.3 is 0 Å². The molecule has 0 saturated heterocycles. The van der Waals surface area contributed by atoms with Gasteiger partial charge in [0.15, 0.2) is 5.13 Å². The molecule has 0 bridgehead atoms. The normalized spacial score (nSPS) is 17.4. The van der Waals surface area contributed by atoms with Crippen LogP contribution in [0, 0.1) is 0 Å². The van der Waals surface area contributed by atoms with E-state index in [1.165, 1.54) is 16.9 Å². The van der Waals surface area contributed by atoms with E-state index in [0.717, 1.165) is 36.0 Å². The number of aryl methyl sites for hydroxylation is 1. The number of hydrogen-bond donors (Lipinski definition) is 1. The number of aromatic nitrogens is 1. The molecule has 1 aromatic carbocycles. The molecule has 1 heterocycles. The summed E-state index contributed by atoms with van der Waals surface area (Å²) in [5.74, 6) is 0.886. The van der Waals surface area contributed by atoms with Crippen molar-refractivity contribution >= 4 is 16.5 Å². The van der Waals surface area contributed by atoms with Crippen LogP contribution in [-0.4, -0.2) is 19.1 Å². The highest BCUT2D eigenvalue weighted by molar-refractivity contribution is 7.15.